The van der Waals surface area contributed by atoms with Gasteiger partial charge in [0.1, 0.15) is 0 Å². The van der Waals surface area contributed by atoms with E-state index in [9.17, 15) is 0 Å². The molecule has 1 heterocycles. The number of nitrogens with zero attached hydrogens (tertiary/aromatic N) is 2. The van der Waals surface area contributed by atoms with Gasteiger partial charge in [-0.05, 0) is 20.8 Å². The zero-order valence-electron chi connectivity index (χ0n) is 7.58. The van der Waals surface area contributed by atoms with Crippen molar-refractivity contribution in [1.82, 2.24) is 10.4 Å². The van der Waals surface area contributed by atoms with Gasteiger partial charge in [-0.3, -0.25) is 0 Å². The average Bonchev–Trinajstić information content (AvgIpc) is 1.85. The van der Waals surface area contributed by atoms with Gasteiger partial charge in [0.25, 0.3) is 0 Å². The molecule has 11 heavy (non-hydrogen) atoms. The zero-order chi connectivity index (χ0) is 8.27. The van der Waals surface area contributed by atoms with Gasteiger partial charge >= 0.3 is 0 Å². The van der Waals surface area contributed by atoms with Crippen LogP contribution < -0.4 is 5.43 Å². The Morgan fingerprint density at radius 2 is 1.91 bits per heavy atom. The van der Waals surface area contributed by atoms with Crippen LogP contribution in [0.3, 0.4) is 0 Å². The fourth-order valence-electron chi connectivity index (χ4n) is 1.47. The Morgan fingerprint density at radius 1 is 1.36 bits per heavy atom. The molecule has 1 fully saturated rings. The van der Waals surface area contributed by atoms with E-state index in [2.05, 4.69) is 31.2 Å². The second kappa shape index (κ2) is 4.04. The standard InChI is InChI=1S/C8H17N2O/c1-4-9-10-5-7(2)11-8(3)6-10/h7-8H,4-6H2,1-3H3. The van der Waals surface area contributed by atoms with E-state index in [4.69, 9.17) is 4.74 Å². The molecule has 0 aromatic rings. The molecular weight excluding hydrogens is 140 g/mol. The number of rotatable bonds is 2. The fourth-order valence-corrected chi connectivity index (χ4v) is 1.47. The van der Waals surface area contributed by atoms with Crippen LogP contribution >= 0.6 is 0 Å². The average molecular weight is 157 g/mol. The summed E-state index contributed by atoms with van der Waals surface area (Å²) in [6.45, 7) is 9.00. The number of hydrogen-bond donors (Lipinski definition) is 0. The normalized spacial score (nSPS) is 34.1. The van der Waals surface area contributed by atoms with Crippen molar-refractivity contribution in [2.45, 2.75) is 33.0 Å². The molecule has 3 nitrogen and oxygen atoms in total. The third kappa shape index (κ3) is 2.77. The van der Waals surface area contributed by atoms with Gasteiger partial charge in [-0.1, -0.05) is 0 Å². The lowest BCUT2D eigenvalue weighted by molar-refractivity contribution is -0.0849. The highest BCUT2D eigenvalue weighted by Gasteiger charge is 2.21. The molecule has 1 aliphatic rings. The van der Waals surface area contributed by atoms with E-state index >= 15 is 0 Å². The molecule has 1 aliphatic heterocycles. The molecule has 2 unspecified atom stereocenters. The van der Waals surface area contributed by atoms with Crippen molar-refractivity contribution in [2.24, 2.45) is 0 Å². The van der Waals surface area contributed by atoms with Crippen LogP contribution in [0.25, 0.3) is 0 Å². The maximum atomic E-state index is 5.56. The maximum Gasteiger partial charge on any atom is 0.0692 e. The minimum absolute atomic E-state index is 0.328. The molecule has 0 spiro atoms. The summed E-state index contributed by atoms with van der Waals surface area (Å²) in [5.41, 5.74) is 4.34. The van der Waals surface area contributed by atoms with E-state index in [0.29, 0.717) is 12.2 Å². The molecule has 0 aromatic carbocycles. The lowest BCUT2D eigenvalue weighted by Crippen LogP contribution is -2.48. The highest BCUT2D eigenvalue weighted by molar-refractivity contribution is 4.69. The van der Waals surface area contributed by atoms with Crippen molar-refractivity contribution < 1.29 is 4.74 Å². The van der Waals surface area contributed by atoms with Crippen LogP contribution in [-0.2, 0) is 4.74 Å². The van der Waals surface area contributed by atoms with E-state index in [1.54, 1.807) is 0 Å². The number of ether oxygens (including phenoxy) is 1. The topological polar surface area (TPSA) is 26.6 Å². The van der Waals surface area contributed by atoms with E-state index in [1.807, 2.05) is 0 Å². The molecule has 1 rings (SSSR count). The Morgan fingerprint density at radius 3 is 2.36 bits per heavy atom. The van der Waals surface area contributed by atoms with Gasteiger partial charge in [0, 0.05) is 19.6 Å². The Kier molecular flexibility index (Phi) is 3.30. The molecular formula is C8H17N2O. The smallest absolute Gasteiger partial charge is 0.0692 e. The van der Waals surface area contributed by atoms with Crippen LogP contribution in [0.5, 0.6) is 0 Å². The fraction of sp³-hybridized carbons (Fsp3) is 1.00. The van der Waals surface area contributed by atoms with Crippen LogP contribution in [0.1, 0.15) is 20.8 Å². The molecule has 2 atom stereocenters. The predicted molar refractivity (Wildman–Crippen MR) is 44.3 cm³/mol. The molecule has 0 aromatic heterocycles. The van der Waals surface area contributed by atoms with Gasteiger partial charge in [-0.2, -0.15) is 5.43 Å². The van der Waals surface area contributed by atoms with E-state index in [1.165, 1.54) is 0 Å². The van der Waals surface area contributed by atoms with Gasteiger partial charge in [0.15, 0.2) is 0 Å². The first kappa shape index (κ1) is 8.97. The lowest BCUT2D eigenvalue weighted by Gasteiger charge is -2.33. The molecule has 0 amide bonds. The van der Waals surface area contributed by atoms with Crippen LogP contribution in [0.15, 0.2) is 0 Å². The van der Waals surface area contributed by atoms with Crippen molar-refractivity contribution in [3.05, 3.63) is 0 Å². The van der Waals surface area contributed by atoms with Gasteiger partial charge in [-0.15, -0.1) is 0 Å². The summed E-state index contributed by atoms with van der Waals surface area (Å²) in [7, 11) is 0. The first-order chi connectivity index (χ1) is 5.22. The Bertz CT molecular complexity index is 109. The minimum atomic E-state index is 0.328. The van der Waals surface area contributed by atoms with Crippen molar-refractivity contribution in [1.29, 1.82) is 0 Å². The molecule has 0 saturated carbocycles. The zero-order valence-corrected chi connectivity index (χ0v) is 7.58. The van der Waals surface area contributed by atoms with E-state index < -0.39 is 0 Å². The first-order valence-electron chi connectivity index (χ1n) is 4.30. The van der Waals surface area contributed by atoms with Gasteiger partial charge < -0.3 is 4.74 Å². The second-order valence-electron chi connectivity index (χ2n) is 3.09. The van der Waals surface area contributed by atoms with Crippen LogP contribution in [0.2, 0.25) is 0 Å². The van der Waals surface area contributed by atoms with E-state index in [0.717, 1.165) is 19.6 Å². The van der Waals surface area contributed by atoms with Gasteiger partial charge in [-0.25, -0.2) is 5.01 Å². The summed E-state index contributed by atoms with van der Waals surface area (Å²) < 4.78 is 5.56. The summed E-state index contributed by atoms with van der Waals surface area (Å²) in [5, 5.41) is 2.11. The van der Waals surface area contributed by atoms with Gasteiger partial charge in [0.2, 0.25) is 0 Å². The Labute approximate surface area is 68.7 Å². The van der Waals surface area contributed by atoms with Gasteiger partial charge in [0.05, 0.1) is 12.2 Å². The molecule has 1 radical (unpaired) electrons. The highest BCUT2D eigenvalue weighted by atomic mass is 16.5. The lowest BCUT2D eigenvalue weighted by atomic mass is 10.2. The third-order valence-corrected chi connectivity index (χ3v) is 1.74. The summed E-state index contributed by atoms with van der Waals surface area (Å²) in [4.78, 5) is 0. The SMILES string of the molecule is CC[N]N1CC(C)OC(C)C1. The van der Waals surface area contributed by atoms with Crippen LogP contribution in [0.4, 0.5) is 0 Å². The quantitative estimate of drug-likeness (QED) is 0.588. The molecule has 3 heteroatoms. The summed E-state index contributed by atoms with van der Waals surface area (Å²) in [5.74, 6) is 0. The molecule has 0 aliphatic carbocycles. The summed E-state index contributed by atoms with van der Waals surface area (Å²) in [6, 6.07) is 0. The molecule has 0 N–H and O–H groups in total. The number of morpholine rings is 1. The Hall–Kier alpha value is -0.120. The van der Waals surface area contributed by atoms with Crippen LogP contribution in [0, 0.1) is 0 Å². The van der Waals surface area contributed by atoms with E-state index in [-0.39, 0.29) is 0 Å². The second-order valence-corrected chi connectivity index (χ2v) is 3.09. The molecule has 1 saturated heterocycles. The van der Waals surface area contributed by atoms with Crippen molar-refractivity contribution >= 4 is 0 Å². The maximum absolute atomic E-state index is 5.56. The van der Waals surface area contributed by atoms with Crippen LogP contribution in [-0.4, -0.2) is 36.9 Å². The summed E-state index contributed by atoms with van der Waals surface area (Å²) in [6.07, 6.45) is 0.656. The predicted octanol–water partition coefficient (Wildman–Crippen LogP) is 0.635. The molecule has 65 valence electrons. The first-order valence-corrected chi connectivity index (χ1v) is 4.30. The molecule has 0 bridgehead atoms. The minimum Gasteiger partial charge on any atom is -0.373 e. The monoisotopic (exact) mass is 157 g/mol. The number of hydrogen-bond acceptors (Lipinski definition) is 2. The van der Waals surface area contributed by atoms with Crippen molar-refractivity contribution in [3.8, 4) is 0 Å². The van der Waals surface area contributed by atoms with Crippen molar-refractivity contribution in [2.75, 3.05) is 19.6 Å². The summed E-state index contributed by atoms with van der Waals surface area (Å²) >= 11 is 0. The Balaban J connectivity index is 2.30. The highest BCUT2D eigenvalue weighted by Crippen LogP contribution is 2.08. The third-order valence-electron chi connectivity index (χ3n) is 1.74. The van der Waals surface area contributed by atoms with Crippen molar-refractivity contribution in [3.63, 3.8) is 0 Å². The largest absolute Gasteiger partial charge is 0.373 e.